The van der Waals surface area contributed by atoms with Crippen molar-refractivity contribution in [2.24, 2.45) is 5.92 Å². The molecule has 2 aliphatic rings. The number of carbonyl (C=O) groups is 1. The molecule has 0 aliphatic heterocycles. The van der Waals surface area contributed by atoms with Gasteiger partial charge >= 0.3 is 5.97 Å². The van der Waals surface area contributed by atoms with Crippen LogP contribution in [0.2, 0.25) is 10.0 Å². The number of benzene rings is 2. The summed E-state index contributed by atoms with van der Waals surface area (Å²) in [6.07, 6.45) is 8.07. The molecule has 1 aromatic heterocycles. The average Bonchev–Trinajstić information content (AvgIpc) is 3.49. The van der Waals surface area contributed by atoms with Crippen LogP contribution in [0.4, 0.5) is 0 Å². The third kappa shape index (κ3) is 3.87. The summed E-state index contributed by atoms with van der Waals surface area (Å²) in [5.74, 6) is 0.108. The fraction of sp³-hybridized carbons (Fsp3) is 0.423. The zero-order valence-electron chi connectivity index (χ0n) is 17.8. The number of ether oxygens (including phenoxy) is 1. The lowest BCUT2D eigenvalue weighted by Gasteiger charge is -2.17. The van der Waals surface area contributed by atoms with Gasteiger partial charge in [0.25, 0.3) is 0 Å². The Bertz CT molecular complexity index is 1150. The highest BCUT2D eigenvalue weighted by Crippen LogP contribution is 2.51. The van der Waals surface area contributed by atoms with Crippen molar-refractivity contribution in [2.45, 2.75) is 57.4 Å². The molecule has 162 valence electrons. The lowest BCUT2D eigenvalue weighted by atomic mass is 9.96. The summed E-state index contributed by atoms with van der Waals surface area (Å²) in [4.78, 5) is 12.2. The van der Waals surface area contributed by atoms with Gasteiger partial charge in [-0.1, -0.05) is 60.3 Å². The van der Waals surface area contributed by atoms with Crippen molar-refractivity contribution in [3.05, 3.63) is 68.8 Å². The van der Waals surface area contributed by atoms with E-state index in [2.05, 4.69) is 22.8 Å². The highest BCUT2D eigenvalue weighted by Gasteiger charge is 2.46. The largest absolute Gasteiger partial charge is 0.469 e. The maximum Gasteiger partial charge on any atom is 0.309 e. The Hall–Kier alpha value is -1.97. The summed E-state index contributed by atoms with van der Waals surface area (Å²) in [6, 6.07) is 12.4. The number of methoxy groups -OCH3 is 1. The molecule has 5 heteroatoms. The third-order valence-corrected chi connectivity index (χ3v) is 7.55. The molecule has 2 atom stereocenters. The van der Waals surface area contributed by atoms with Gasteiger partial charge in [0.05, 0.1) is 18.5 Å². The summed E-state index contributed by atoms with van der Waals surface area (Å²) in [7, 11) is 1.48. The zero-order valence-corrected chi connectivity index (χ0v) is 19.3. The summed E-state index contributed by atoms with van der Waals surface area (Å²) < 4.78 is 7.51. The minimum absolute atomic E-state index is 0.0272. The van der Waals surface area contributed by atoms with Crippen LogP contribution in [-0.2, 0) is 28.9 Å². The lowest BCUT2D eigenvalue weighted by Crippen LogP contribution is -2.09. The minimum Gasteiger partial charge on any atom is -0.469 e. The fourth-order valence-corrected chi connectivity index (χ4v) is 5.78. The number of hydrogen-bond acceptors (Lipinski definition) is 2. The molecule has 0 radical (unpaired) electrons. The van der Waals surface area contributed by atoms with Gasteiger partial charge in [-0.15, -0.1) is 0 Å². The van der Waals surface area contributed by atoms with Gasteiger partial charge in [0.1, 0.15) is 0 Å². The fourth-order valence-electron chi connectivity index (χ4n) is 5.32. The Balaban J connectivity index is 1.68. The van der Waals surface area contributed by atoms with E-state index >= 15 is 0 Å². The van der Waals surface area contributed by atoms with E-state index in [1.54, 1.807) is 0 Å². The van der Waals surface area contributed by atoms with Crippen LogP contribution in [0.3, 0.4) is 0 Å². The van der Waals surface area contributed by atoms with Crippen LogP contribution in [0.5, 0.6) is 0 Å². The Morgan fingerprint density at radius 2 is 1.90 bits per heavy atom. The number of nitrogens with zero attached hydrogens (tertiary/aromatic N) is 1. The normalized spacial score (nSPS) is 20.7. The molecule has 5 rings (SSSR count). The highest BCUT2D eigenvalue weighted by atomic mass is 35.5. The van der Waals surface area contributed by atoms with E-state index in [9.17, 15) is 4.79 Å². The second-order valence-electron chi connectivity index (χ2n) is 8.88. The van der Waals surface area contributed by atoms with E-state index in [0.717, 1.165) is 24.8 Å². The first-order valence-corrected chi connectivity index (χ1v) is 12.0. The van der Waals surface area contributed by atoms with Crippen LogP contribution in [0.15, 0.2) is 36.4 Å². The van der Waals surface area contributed by atoms with Crippen LogP contribution >= 0.6 is 23.2 Å². The molecular formula is C26H27Cl2NO2. The van der Waals surface area contributed by atoms with Crippen LogP contribution in [0, 0.1) is 5.92 Å². The van der Waals surface area contributed by atoms with E-state index in [4.69, 9.17) is 27.9 Å². The van der Waals surface area contributed by atoms with Gasteiger partial charge in [0.15, 0.2) is 0 Å². The number of esters is 1. The number of hydrogen-bond donors (Lipinski definition) is 0. The number of carbonyl (C=O) groups excluding carboxylic acids is 1. The van der Waals surface area contributed by atoms with Crippen molar-refractivity contribution >= 4 is 40.1 Å². The molecular weight excluding hydrogens is 429 g/mol. The lowest BCUT2D eigenvalue weighted by molar-refractivity contribution is -0.142. The molecule has 3 aromatic rings. The summed E-state index contributed by atoms with van der Waals surface area (Å²) in [6.45, 7) is 0.717. The van der Waals surface area contributed by atoms with Crippen LogP contribution < -0.4 is 0 Å². The highest BCUT2D eigenvalue weighted by molar-refractivity contribution is 6.35. The first-order chi connectivity index (χ1) is 15.1. The monoisotopic (exact) mass is 455 g/mol. The minimum atomic E-state index is -0.0979. The molecule has 0 amide bonds. The van der Waals surface area contributed by atoms with Crippen molar-refractivity contribution < 1.29 is 9.53 Å². The molecule has 1 saturated carbocycles. The molecule has 0 N–H and O–H groups in total. The predicted octanol–water partition coefficient (Wildman–Crippen LogP) is 6.93. The van der Waals surface area contributed by atoms with Crippen molar-refractivity contribution in [3.8, 4) is 0 Å². The van der Waals surface area contributed by atoms with Gasteiger partial charge in [-0.05, 0) is 60.9 Å². The molecule has 1 fully saturated rings. The van der Waals surface area contributed by atoms with Crippen LogP contribution in [0.1, 0.15) is 60.4 Å². The van der Waals surface area contributed by atoms with Gasteiger partial charge in [0, 0.05) is 33.6 Å². The van der Waals surface area contributed by atoms with Gasteiger partial charge in [-0.25, -0.2) is 0 Å². The number of para-hydroxylation sites is 1. The first-order valence-electron chi connectivity index (χ1n) is 11.2. The van der Waals surface area contributed by atoms with Crippen LogP contribution in [0.25, 0.3) is 10.9 Å². The average molecular weight is 456 g/mol. The standard InChI is InChI=1S/C26H27Cl2NO2/c1-31-26(30)22-14-21(22)20-9-6-8-19-18-7-4-2-3-5-10-24(18)29(25(19)20)15-16-11-12-17(27)13-23(16)28/h6,8-9,11-13,21-22H,2-5,7,10,14-15H2,1H3. The van der Waals surface area contributed by atoms with Crippen molar-refractivity contribution in [1.29, 1.82) is 0 Å². The quantitative estimate of drug-likeness (QED) is 0.399. The second-order valence-corrected chi connectivity index (χ2v) is 9.72. The maximum atomic E-state index is 12.2. The third-order valence-electron chi connectivity index (χ3n) is 6.96. The number of aryl methyl sites for hydroxylation is 1. The van der Waals surface area contributed by atoms with Gasteiger partial charge in [-0.2, -0.15) is 0 Å². The van der Waals surface area contributed by atoms with Crippen LogP contribution in [-0.4, -0.2) is 17.6 Å². The topological polar surface area (TPSA) is 31.2 Å². The van der Waals surface area contributed by atoms with E-state index < -0.39 is 0 Å². The molecule has 3 nitrogen and oxygen atoms in total. The van der Waals surface area contributed by atoms with Crippen molar-refractivity contribution in [3.63, 3.8) is 0 Å². The van der Waals surface area contributed by atoms with Gasteiger partial charge < -0.3 is 9.30 Å². The maximum absolute atomic E-state index is 12.2. The number of fused-ring (bicyclic) bond motifs is 3. The van der Waals surface area contributed by atoms with Gasteiger partial charge in [-0.3, -0.25) is 4.79 Å². The Labute approximate surface area is 193 Å². The molecule has 2 aromatic carbocycles. The van der Waals surface area contributed by atoms with Gasteiger partial charge in [0.2, 0.25) is 0 Å². The van der Waals surface area contributed by atoms with E-state index in [1.165, 1.54) is 60.5 Å². The number of halogens is 2. The Kier molecular flexibility index (Phi) is 5.75. The van der Waals surface area contributed by atoms with E-state index in [1.807, 2.05) is 18.2 Å². The molecule has 1 heterocycles. The first kappa shape index (κ1) is 20.9. The Morgan fingerprint density at radius 1 is 1.10 bits per heavy atom. The summed E-state index contributed by atoms with van der Waals surface area (Å²) in [5, 5.41) is 2.70. The van der Waals surface area contributed by atoms with Crippen molar-refractivity contribution in [2.75, 3.05) is 7.11 Å². The van der Waals surface area contributed by atoms with E-state index in [0.29, 0.717) is 16.6 Å². The molecule has 2 aliphatic carbocycles. The van der Waals surface area contributed by atoms with Crippen molar-refractivity contribution in [1.82, 2.24) is 4.57 Å². The molecule has 0 bridgehead atoms. The SMILES string of the molecule is COC(=O)C1CC1c1cccc2c3c(n(Cc4ccc(Cl)cc4Cl)c12)CCCCCC3. The number of aromatic nitrogens is 1. The number of rotatable bonds is 4. The molecule has 31 heavy (non-hydrogen) atoms. The molecule has 2 unspecified atom stereocenters. The zero-order chi connectivity index (χ0) is 21.5. The molecule has 0 saturated heterocycles. The van der Waals surface area contributed by atoms with E-state index in [-0.39, 0.29) is 17.8 Å². The summed E-state index contributed by atoms with van der Waals surface area (Å²) in [5.41, 5.74) is 6.53. The Morgan fingerprint density at radius 3 is 2.68 bits per heavy atom. The second kappa shape index (κ2) is 8.52. The molecule has 0 spiro atoms. The predicted molar refractivity (Wildman–Crippen MR) is 126 cm³/mol. The smallest absolute Gasteiger partial charge is 0.309 e. The summed E-state index contributed by atoms with van der Waals surface area (Å²) >= 11 is 12.7.